The van der Waals surface area contributed by atoms with Gasteiger partial charge >= 0.3 is 0 Å². The Bertz CT molecular complexity index is 601. The maximum absolute atomic E-state index is 12.4. The average Bonchev–Trinajstić information content (AvgIpc) is 3.05. The Morgan fingerprint density at radius 1 is 1.50 bits per heavy atom. The molecule has 1 aliphatic heterocycles. The largest absolute Gasteiger partial charge is 0.384 e. The number of ketones is 1. The van der Waals surface area contributed by atoms with E-state index >= 15 is 0 Å². The van der Waals surface area contributed by atoms with Gasteiger partial charge in [-0.15, -0.1) is 0 Å². The quantitative estimate of drug-likeness (QED) is 0.837. The van der Waals surface area contributed by atoms with Crippen LogP contribution in [0.2, 0.25) is 0 Å². The van der Waals surface area contributed by atoms with Crippen LogP contribution in [0.1, 0.15) is 28.7 Å². The van der Waals surface area contributed by atoms with Crippen molar-refractivity contribution in [3.8, 4) is 0 Å². The van der Waals surface area contributed by atoms with E-state index in [1.807, 2.05) is 35.9 Å². The van der Waals surface area contributed by atoms with E-state index < -0.39 is 0 Å². The predicted molar refractivity (Wildman–Crippen MR) is 70.0 cm³/mol. The molecule has 0 fully saturated rings. The van der Waals surface area contributed by atoms with Gasteiger partial charge in [-0.1, -0.05) is 12.1 Å². The number of benzene rings is 1. The number of aromatic nitrogens is 2. The summed E-state index contributed by atoms with van der Waals surface area (Å²) in [6, 6.07) is 5.85. The van der Waals surface area contributed by atoms with Crippen LogP contribution in [0.25, 0.3) is 0 Å². The summed E-state index contributed by atoms with van der Waals surface area (Å²) >= 11 is 0. The molecule has 0 amide bonds. The Morgan fingerprint density at radius 3 is 3.22 bits per heavy atom. The van der Waals surface area contributed by atoms with Crippen molar-refractivity contribution in [3.05, 3.63) is 47.5 Å². The molecule has 0 bridgehead atoms. The molecule has 0 radical (unpaired) electrons. The van der Waals surface area contributed by atoms with E-state index in [0.717, 1.165) is 25.2 Å². The van der Waals surface area contributed by atoms with Crippen molar-refractivity contribution in [1.29, 1.82) is 0 Å². The molecule has 0 aliphatic carbocycles. The second-order valence-corrected chi connectivity index (χ2v) is 4.41. The summed E-state index contributed by atoms with van der Waals surface area (Å²) in [5.41, 5.74) is 3.06. The highest BCUT2D eigenvalue weighted by molar-refractivity contribution is 6.07. The van der Waals surface area contributed by atoms with E-state index in [1.54, 1.807) is 6.20 Å². The van der Waals surface area contributed by atoms with Crippen molar-refractivity contribution in [2.75, 3.05) is 11.9 Å². The standard InChI is InChI=1S/C14H15N3O/c1-2-17-8-7-16-14(17)13(18)11-4-3-10-5-6-15-12(10)9-11/h3-4,7-9,15H,2,5-6H2,1H3. The van der Waals surface area contributed by atoms with E-state index in [-0.39, 0.29) is 5.78 Å². The molecule has 1 N–H and O–H groups in total. The molecular weight excluding hydrogens is 226 g/mol. The number of fused-ring (bicyclic) bond motifs is 1. The zero-order chi connectivity index (χ0) is 12.5. The summed E-state index contributed by atoms with van der Waals surface area (Å²) in [6.45, 7) is 3.71. The van der Waals surface area contributed by atoms with Gasteiger partial charge in [0, 0.05) is 36.7 Å². The zero-order valence-electron chi connectivity index (χ0n) is 10.3. The number of aryl methyl sites for hydroxylation is 1. The van der Waals surface area contributed by atoms with Gasteiger partial charge in [0.2, 0.25) is 5.78 Å². The Hall–Kier alpha value is -2.10. The summed E-state index contributed by atoms with van der Waals surface area (Å²) in [6.07, 6.45) is 4.54. The summed E-state index contributed by atoms with van der Waals surface area (Å²) in [7, 11) is 0. The summed E-state index contributed by atoms with van der Waals surface area (Å²) < 4.78 is 1.86. The molecule has 2 heterocycles. The van der Waals surface area contributed by atoms with Crippen molar-refractivity contribution in [1.82, 2.24) is 9.55 Å². The lowest BCUT2D eigenvalue weighted by Gasteiger charge is -2.06. The smallest absolute Gasteiger partial charge is 0.228 e. The highest BCUT2D eigenvalue weighted by atomic mass is 16.1. The van der Waals surface area contributed by atoms with Crippen molar-refractivity contribution in [3.63, 3.8) is 0 Å². The molecule has 1 aliphatic rings. The molecule has 0 unspecified atom stereocenters. The molecule has 0 saturated heterocycles. The number of imidazole rings is 1. The van der Waals surface area contributed by atoms with Gasteiger partial charge in [0.25, 0.3) is 0 Å². The minimum atomic E-state index is -0.0154. The molecule has 1 aromatic carbocycles. The fourth-order valence-electron chi connectivity index (χ4n) is 2.33. The van der Waals surface area contributed by atoms with Gasteiger partial charge in [-0.05, 0) is 25.0 Å². The van der Waals surface area contributed by atoms with Crippen LogP contribution >= 0.6 is 0 Å². The van der Waals surface area contributed by atoms with E-state index in [9.17, 15) is 4.79 Å². The minimum Gasteiger partial charge on any atom is -0.384 e. The first-order valence-corrected chi connectivity index (χ1v) is 6.22. The lowest BCUT2D eigenvalue weighted by atomic mass is 10.1. The van der Waals surface area contributed by atoms with Crippen LogP contribution in [-0.4, -0.2) is 21.9 Å². The number of hydrogen-bond donors (Lipinski definition) is 1. The van der Waals surface area contributed by atoms with Crippen LogP contribution in [-0.2, 0) is 13.0 Å². The van der Waals surface area contributed by atoms with Crippen LogP contribution in [0.3, 0.4) is 0 Å². The number of carbonyl (C=O) groups excluding carboxylic acids is 1. The topological polar surface area (TPSA) is 46.9 Å². The molecule has 0 atom stereocenters. The predicted octanol–water partition coefficient (Wildman–Crippen LogP) is 2.10. The third-order valence-electron chi connectivity index (χ3n) is 3.34. The fraction of sp³-hybridized carbons (Fsp3) is 0.286. The van der Waals surface area contributed by atoms with E-state index in [1.165, 1.54) is 5.56 Å². The second-order valence-electron chi connectivity index (χ2n) is 4.41. The highest BCUT2D eigenvalue weighted by Crippen LogP contribution is 2.24. The third-order valence-corrected chi connectivity index (χ3v) is 3.34. The zero-order valence-corrected chi connectivity index (χ0v) is 10.3. The number of hydrogen-bond acceptors (Lipinski definition) is 3. The number of rotatable bonds is 3. The van der Waals surface area contributed by atoms with Crippen LogP contribution < -0.4 is 5.32 Å². The summed E-state index contributed by atoms with van der Waals surface area (Å²) in [5.74, 6) is 0.494. The Morgan fingerprint density at radius 2 is 2.39 bits per heavy atom. The molecule has 3 rings (SSSR count). The van der Waals surface area contributed by atoms with E-state index in [2.05, 4.69) is 10.3 Å². The first-order chi connectivity index (χ1) is 8.79. The van der Waals surface area contributed by atoms with Gasteiger partial charge in [0.05, 0.1) is 0 Å². The third kappa shape index (κ3) is 1.70. The first-order valence-electron chi connectivity index (χ1n) is 6.22. The normalized spacial score (nSPS) is 13.2. The molecule has 1 aromatic heterocycles. The van der Waals surface area contributed by atoms with E-state index in [0.29, 0.717) is 11.4 Å². The maximum atomic E-state index is 12.4. The molecule has 4 nitrogen and oxygen atoms in total. The Labute approximate surface area is 106 Å². The van der Waals surface area contributed by atoms with Crippen LogP contribution in [0.4, 0.5) is 5.69 Å². The summed E-state index contributed by atoms with van der Waals surface area (Å²) in [4.78, 5) is 16.5. The van der Waals surface area contributed by atoms with Crippen LogP contribution in [0.15, 0.2) is 30.6 Å². The monoisotopic (exact) mass is 241 g/mol. The van der Waals surface area contributed by atoms with Crippen molar-refractivity contribution < 1.29 is 4.79 Å². The Kier molecular flexibility index (Phi) is 2.63. The number of anilines is 1. The number of nitrogens with zero attached hydrogens (tertiary/aromatic N) is 2. The minimum absolute atomic E-state index is 0.0154. The SMILES string of the molecule is CCn1ccnc1C(=O)c1ccc2c(c1)NCC2. The first kappa shape index (κ1) is 11.0. The lowest BCUT2D eigenvalue weighted by Crippen LogP contribution is -2.10. The van der Waals surface area contributed by atoms with Crippen molar-refractivity contribution in [2.24, 2.45) is 0 Å². The molecule has 92 valence electrons. The Balaban J connectivity index is 1.98. The second kappa shape index (κ2) is 4.29. The van der Waals surface area contributed by atoms with Gasteiger partial charge in [-0.2, -0.15) is 0 Å². The van der Waals surface area contributed by atoms with E-state index in [4.69, 9.17) is 0 Å². The molecule has 0 spiro atoms. The fourth-order valence-corrected chi connectivity index (χ4v) is 2.33. The van der Waals surface area contributed by atoms with Gasteiger partial charge in [-0.3, -0.25) is 4.79 Å². The van der Waals surface area contributed by atoms with Gasteiger partial charge in [0.1, 0.15) is 0 Å². The summed E-state index contributed by atoms with van der Waals surface area (Å²) in [5, 5.41) is 3.29. The number of carbonyl (C=O) groups is 1. The molecule has 0 saturated carbocycles. The molecule has 18 heavy (non-hydrogen) atoms. The lowest BCUT2D eigenvalue weighted by molar-refractivity contribution is 0.102. The van der Waals surface area contributed by atoms with Crippen molar-refractivity contribution >= 4 is 11.5 Å². The molecule has 4 heteroatoms. The van der Waals surface area contributed by atoms with Gasteiger partial charge < -0.3 is 9.88 Å². The van der Waals surface area contributed by atoms with Crippen LogP contribution in [0.5, 0.6) is 0 Å². The molecule has 2 aromatic rings. The van der Waals surface area contributed by atoms with Crippen molar-refractivity contribution in [2.45, 2.75) is 19.9 Å². The molecular formula is C14H15N3O. The number of nitrogens with one attached hydrogen (secondary N) is 1. The maximum Gasteiger partial charge on any atom is 0.228 e. The highest BCUT2D eigenvalue weighted by Gasteiger charge is 2.17. The van der Waals surface area contributed by atoms with Gasteiger partial charge in [-0.25, -0.2) is 4.98 Å². The van der Waals surface area contributed by atoms with Crippen LogP contribution in [0, 0.1) is 0 Å². The average molecular weight is 241 g/mol. The van der Waals surface area contributed by atoms with Gasteiger partial charge in [0.15, 0.2) is 5.82 Å².